The van der Waals surface area contributed by atoms with Crippen LogP contribution < -0.4 is 0 Å². The fourth-order valence-corrected chi connectivity index (χ4v) is 6.30. The molecule has 4 rings (SSSR count). The third-order valence-electron chi connectivity index (χ3n) is 5.88. The second kappa shape index (κ2) is 8.55. The maximum absolute atomic E-state index is 13.5. The number of sulfonamides is 1. The van der Waals surface area contributed by atoms with Gasteiger partial charge in [-0.2, -0.15) is 9.40 Å². The summed E-state index contributed by atoms with van der Waals surface area (Å²) in [4.78, 5) is 5.05. The third kappa shape index (κ3) is 4.43. The van der Waals surface area contributed by atoms with Crippen molar-refractivity contribution < 1.29 is 8.42 Å². The maximum atomic E-state index is 13.5. The average Bonchev–Trinajstić information content (AvgIpc) is 3.35. The average molecular weight is 439 g/mol. The van der Waals surface area contributed by atoms with Gasteiger partial charge in [-0.05, 0) is 70.2 Å². The number of benzene rings is 1. The topological polar surface area (TPSA) is 68.1 Å². The molecule has 0 saturated carbocycles. The van der Waals surface area contributed by atoms with Gasteiger partial charge in [-0.1, -0.05) is 29.8 Å². The summed E-state index contributed by atoms with van der Waals surface area (Å²) in [7, 11) is -3.64. The lowest BCUT2D eigenvalue weighted by atomic mass is 10.0. The zero-order valence-corrected chi connectivity index (χ0v) is 19.5. The van der Waals surface area contributed by atoms with Crippen molar-refractivity contribution in [2.24, 2.45) is 0 Å². The molecule has 0 spiro atoms. The number of hydrogen-bond donors (Lipinski definition) is 0. The van der Waals surface area contributed by atoms with Gasteiger partial charge in [0.2, 0.25) is 10.0 Å². The molecule has 6 nitrogen and oxygen atoms in total. The molecule has 1 atom stereocenters. The van der Waals surface area contributed by atoms with Crippen LogP contribution in [0.15, 0.2) is 47.5 Å². The summed E-state index contributed by atoms with van der Waals surface area (Å²) >= 11 is 0. The molecule has 7 heteroatoms. The molecular formula is C24H30N4O2S. The van der Waals surface area contributed by atoms with E-state index in [2.05, 4.69) is 48.4 Å². The summed E-state index contributed by atoms with van der Waals surface area (Å²) in [6, 6.07) is 12.4. The molecule has 0 aliphatic carbocycles. The van der Waals surface area contributed by atoms with Crippen LogP contribution in [0.2, 0.25) is 0 Å². The Morgan fingerprint density at radius 1 is 1.10 bits per heavy atom. The first kappa shape index (κ1) is 21.7. The van der Waals surface area contributed by atoms with Crippen molar-refractivity contribution in [2.75, 3.05) is 6.54 Å². The van der Waals surface area contributed by atoms with Gasteiger partial charge in [0.15, 0.2) is 0 Å². The van der Waals surface area contributed by atoms with Crippen molar-refractivity contribution in [1.82, 2.24) is 19.1 Å². The van der Waals surface area contributed by atoms with E-state index in [1.54, 1.807) is 22.1 Å². The second-order valence-corrected chi connectivity index (χ2v) is 10.3. The largest absolute Gasteiger partial charge is 0.271 e. The molecule has 3 aromatic rings. The van der Waals surface area contributed by atoms with Crippen LogP contribution in [0.4, 0.5) is 0 Å². The minimum atomic E-state index is -3.64. The Bertz CT molecular complexity index is 1200. The zero-order valence-electron chi connectivity index (χ0n) is 18.7. The number of rotatable bonds is 6. The number of pyridine rings is 1. The molecule has 164 valence electrons. The van der Waals surface area contributed by atoms with Crippen molar-refractivity contribution in [1.29, 1.82) is 0 Å². The van der Waals surface area contributed by atoms with Crippen LogP contribution in [0.5, 0.6) is 0 Å². The van der Waals surface area contributed by atoms with Gasteiger partial charge in [-0.15, -0.1) is 0 Å². The van der Waals surface area contributed by atoms with Gasteiger partial charge in [0.1, 0.15) is 4.90 Å². The molecule has 1 aromatic carbocycles. The maximum Gasteiger partial charge on any atom is 0.247 e. The highest BCUT2D eigenvalue weighted by atomic mass is 32.2. The standard InChI is InChI=1S/C24H30N4O2S/c1-5-27-16-24(19(4)26-27)31(29,30)28-11-7-10-23(28)22-15-21(13-18(3)25-22)14-20-9-6-8-17(2)12-20/h6,8-9,12-13,15-16,23H,5,7,10-11,14H2,1-4H3/t23-/m0/s1. The highest BCUT2D eigenvalue weighted by Crippen LogP contribution is 2.37. The fourth-order valence-electron chi connectivity index (χ4n) is 4.46. The summed E-state index contributed by atoms with van der Waals surface area (Å²) < 4.78 is 30.3. The Balaban J connectivity index is 1.67. The molecule has 1 saturated heterocycles. The van der Waals surface area contributed by atoms with E-state index in [0.29, 0.717) is 23.7 Å². The number of hydrogen-bond acceptors (Lipinski definition) is 4. The molecule has 0 N–H and O–H groups in total. The molecule has 0 amide bonds. The van der Waals surface area contributed by atoms with Crippen LogP contribution in [0.3, 0.4) is 0 Å². The smallest absolute Gasteiger partial charge is 0.247 e. The summed E-state index contributed by atoms with van der Waals surface area (Å²) in [6.07, 6.45) is 4.06. The highest BCUT2D eigenvalue weighted by Gasteiger charge is 2.38. The van der Waals surface area contributed by atoms with Crippen molar-refractivity contribution >= 4 is 10.0 Å². The van der Waals surface area contributed by atoms with E-state index < -0.39 is 10.0 Å². The van der Waals surface area contributed by atoms with E-state index in [4.69, 9.17) is 4.98 Å². The third-order valence-corrected chi connectivity index (χ3v) is 7.89. The Hall–Kier alpha value is -2.51. The van der Waals surface area contributed by atoms with Gasteiger partial charge in [0.25, 0.3) is 0 Å². The van der Waals surface area contributed by atoms with Crippen molar-refractivity contribution in [2.45, 2.75) is 64.4 Å². The molecule has 0 radical (unpaired) electrons. The van der Waals surface area contributed by atoms with E-state index >= 15 is 0 Å². The van der Waals surface area contributed by atoms with Crippen LogP contribution in [0, 0.1) is 20.8 Å². The first-order valence-corrected chi connectivity index (χ1v) is 12.3. The van der Waals surface area contributed by atoms with Crippen LogP contribution in [-0.2, 0) is 23.0 Å². The molecule has 1 aliphatic rings. The quantitative estimate of drug-likeness (QED) is 0.574. The van der Waals surface area contributed by atoms with Gasteiger partial charge in [-0.3, -0.25) is 9.67 Å². The number of aryl methyl sites for hydroxylation is 4. The summed E-state index contributed by atoms with van der Waals surface area (Å²) in [6.45, 7) is 8.93. The van der Waals surface area contributed by atoms with Crippen molar-refractivity contribution in [3.05, 3.63) is 76.4 Å². The molecule has 0 unspecified atom stereocenters. The van der Waals surface area contributed by atoms with Crippen LogP contribution in [0.25, 0.3) is 0 Å². The van der Waals surface area contributed by atoms with Crippen molar-refractivity contribution in [3.8, 4) is 0 Å². The van der Waals surface area contributed by atoms with Crippen LogP contribution >= 0.6 is 0 Å². The number of nitrogens with zero attached hydrogens (tertiary/aromatic N) is 4. The molecule has 1 fully saturated rings. The van der Waals surface area contributed by atoms with E-state index in [-0.39, 0.29) is 6.04 Å². The summed E-state index contributed by atoms with van der Waals surface area (Å²) in [5, 5.41) is 4.34. The van der Waals surface area contributed by atoms with Crippen LogP contribution in [-0.4, -0.2) is 34.0 Å². The minimum absolute atomic E-state index is 0.245. The van der Waals surface area contributed by atoms with E-state index in [1.165, 1.54) is 11.1 Å². The fraction of sp³-hybridized carbons (Fsp3) is 0.417. The predicted molar refractivity (Wildman–Crippen MR) is 121 cm³/mol. The number of aromatic nitrogens is 3. The van der Waals surface area contributed by atoms with E-state index in [0.717, 1.165) is 36.2 Å². The second-order valence-electron chi connectivity index (χ2n) is 8.42. The summed E-state index contributed by atoms with van der Waals surface area (Å²) in [5.74, 6) is 0. The minimum Gasteiger partial charge on any atom is -0.271 e. The lowest BCUT2D eigenvalue weighted by Gasteiger charge is -2.24. The highest BCUT2D eigenvalue weighted by molar-refractivity contribution is 7.89. The SMILES string of the molecule is CCn1cc(S(=O)(=O)N2CCC[C@H]2c2cc(Cc3cccc(C)c3)cc(C)n2)c(C)n1. The Morgan fingerprint density at radius 3 is 2.61 bits per heavy atom. The Morgan fingerprint density at radius 2 is 1.90 bits per heavy atom. The summed E-state index contributed by atoms with van der Waals surface area (Å²) in [5.41, 5.74) is 5.94. The monoisotopic (exact) mass is 438 g/mol. The van der Waals surface area contributed by atoms with E-state index in [1.807, 2.05) is 13.8 Å². The normalized spacial score (nSPS) is 17.4. The molecule has 3 heterocycles. The lowest BCUT2D eigenvalue weighted by molar-refractivity contribution is 0.389. The van der Waals surface area contributed by atoms with Crippen molar-refractivity contribution in [3.63, 3.8) is 0 Å². The van der Waals surface area contributed by atoms with Gasteiger partial charge in [-0.25, -0.2) is 8.42 Å². The molecule has 1 aliphatic heterocycles. The van der Waals surface area contributed by atoms with Gasteiger partial charge < -0.3 is 0 Å². The first-order valence-electron chi connectivity index (χ1n) is 10.9. The van der Waals surface area contributed by atoms with Crippen LogP contribution in [0.1, 0.15) is 59.6 Å². The van der Waals surface area contributed by atoms with Gasteiger partial charge in [0, 0.05) is 25.0 Å². The Kier molecular flexibility index (Phi) is 5.99. The van der Waals surface area contributed by atoms with Gasteiger partial charge >= 0.3 is 0 Å². The molecular weight excluding hydrogens is 408 g/mol. The zero-order chi connectivity index (χ0) is 22.2. The Labute approximate surface area is 185 Å². The molecule has 31 heavy (non-hydrogen) atoms. The lowest BCUT2D eigenvalue weighted by Crippen LogP contribution is -2.31. The molecule has 0 bridgehead atoms. The predicted octanol–water partition coefficient (Wildman–Crippen LogP) is 4.34. The van der Waals surface area contributed by atoms with Gasteiger partial charge in [0.05, 0.1) is 17.4 Å². The van der Waals surface area contributed by atoms with E-state index in [9.17, 15) is 8.42 Å². The first-order chi connectivity index (χ1) is 14.8. The molecule has 2 aromatic heterocycles.